The first-order valence-electron chi connectivity index (χ1n) is 5.57. The van der Waals surface area contributed by atoms with E-state index in [1.54, 1.807) is 0 Å². The van der Waals surface area contributed by atoms with Gasteiger partial charge in [0.25, 0.3) is 0 Å². The number of carbonyl (C=O) groups excluding carboxylic acids is 1. The van der Waals surface area contributed by atoms with E-state index in [4.69, 9.17) is 4.52 Å². The first-order chi connectivity index (χ1) is 9.11. The summed E-state index contributed by atoms with van der Waals surface area (Å²) in [6, 6.07) is 3.17. The molecule has 0 atom stereocenters. The number of aryl methyl sites for hydroxylation is 1. The second-order valence-electron chi connectivity index (χ2n) is 3.88. The first-order valence-corrected chi connectivity index (χ1v) is 5.57. The van der Waals surface area contributed by atoms with E-state index in [2.05, 4.69) is 9.89 Å². The van der Waals surface area contributed by atoms with Gasteiger partial charge in [-0.25, -0.2) is 8.78 Å². The topological polar surface area (TPSA) is 52.3 Å². The number of benzene rings is 1. The van der Waals surface area contributed by atoms with E-state index >= 15 is 0 Å². The number of esters is 1. The zero-order chi connectivity index (χ0) is 13.8. The Morgan fingerprint density at radius 3 is 2.89 bits per heavy atom. The van der Waals surface area contributed by atoms with Gasteiger partial charge in [-0.1, -0.05) is 5.16 Å². The van der Waals surface area contributed by atoms with E-state index in [9.17, 15) is 13.6 Å². The van der Waals surface area contributed by atoms with E-state index in [-0.39, 0.29) is 23.7 Å². The highest BCUT2D eigenvalue weighted by molar-refractivity contribution is 5.70. The third-order valence-electron chi connectivity index (χ3n) is 2.65. The van der Waals surface area contributed by atoms with Gasteiger partial charge in [0.1, 0.15) is 11.6 Å². The van der Waals surface area contributed by atoms with Crippen LogP contribution in [0.15, 0.2) is 28.9 Å². The predicted molar refractivity (Wildman–Crippen MR) is 62.2 cm³/mol. The molecule has 0 bridgehead atoms. The quantitative estimate of drug-likeness (QED) is 0.799. The highest BCUT2D eigenvalue weighted by Crippen LogP contribution is 2.27. The lowest BCUT2D eigenvalue weighted by atomic mass is 10.1. The minimum Gasteiger partial charge on any atom is -0.469 e. The Bertz CT molecular complexity index is 595. The highest BCUT2D eigenvalue weighted by atomic mass is 19.1. The van der Waals surface area contributed by atoms with Crippen LogP contribution in [0.3, 0.4) is 0 Å². The Labute approximate surface area is 108 Å². The second kappa shape index (κ2) is 5.60. The van der Waals surface area contributed by atoms with E-state index in [1.807, 2.05) is 0 Å². The molecule has 0 spiro atoms. The number of halogens is 2. The van der Waals surface area contributed by atoms with Crippen LogP contribution in [0.5, 0.6) is 0 Å². The van der Waals surface area contributed by atoms with Gasteiger partial charge in [0.2, 0.25) is 0 Å². The minimum atomic E-state index is -0.740. The molecule has 0 aliphatic heterocycles. The summed E-state index contributed by atoms with van der Waals surface area (Å²) in [5.41, 5.74) is 0.676. The molecule has 0 aliphatic rings. The average Bonchev–Trinajstić information content (AvgIpc) is 2.84. The summed E-state index contributed by atoms with van der Waals surface area (Å²) >= 11 is 0. The predicted octanol–water partition coefficient (Wildman–Crippen LogP) is 2.73. The molecule has 19 heavy (non-hydrogen) atoms. The molecular weight excluding hydrogens is 256 g/mol. The molecule has 100 valence electrons. The van der Waals surface area contributed by atoms with Gasteiger partial charge < -0.3 is 9.26 Å². The van der Waals surface area contributed by atoms with Crippen LogP contribution in [0.1, 0.15) is 12.0 Å². The fourth-order valence-electron chi connectivity index (χ4n) is 1.67. The van der Waals surface area contributed by atoms with Crippen LogP contribution in [0.4, 0.5) is 8.78 Å². The normalized spacial score (nSPS) is 10.5. The van der Waals surface area contributed by atoms with Gasteiger partial charge in [0, 0.05) is 18.1 Å². The molecule has 0 N–H and O–H groups in total. The highest BCUT2D eigenvalue weighted by Gasteiger charge is 2.16. The van der Waals surface area contributed by atoms with Gasteiger partial charge in [-0.3, -0.25) is 4.79 Å². The van der Waals surface area contributed by atoms with Gasteiger partial charge in [0.15, 0.2) is 5.76 Å². The lowest BCUT2D eigenvalue weighted by Gasteiger charge is -2.02. The Morgan fingerprint density at radius 2 is 2.21 bits per heavy atom. The van der Waals surface area contributed by atoms with Gasteiger partial charge >= 0.3 is 5.97 Å². The number of hydrogen-bond donors (Lipinski definition) is 0. The summed E-state index contributed by atoms with van der Waals surface area (Å²) in [7, 11) is 1.29. The largest absolute Gasteiger partial charge is 0.469 e. The van der Waals surface area contributed by atoms with Crippen LogP contribution in [-0.4, -0.2) is 18.2 Å². The molecule has 1 aromatic carbocycles. The molecule has 0 amide bonds. The van der Waals surface area contributed by atoms with Crippen molar-refractivity contribution in [1.29, 1.82) is 0 Å². The molecule has 1 aromatic heterocycles. The monoisotopic (exact) mass is 267 g/mol. The standard InChI is InChI=1S/C13H11F2NO3/c1-18-12(17)5-2-8-7-16-19-13(8)10-4-3-9(14)6-11(10)15/h3-4,6-7H,2,5H2,1H3. The molecule has 0 fully saturated rings. The van der Waals surface area contributed by atoms with E-state index in [1.165, 1.54) is 19.4 Å². The molecule has 1 heterocycles. The van der Waals surface area contributed by atoms with Gasteiger partial charge in [-0.2, -0.15) is 0 Å². The smallest absolute Gasteiger partial charge is 0.305 e. The third-order valence-corrected chi connectivity index (χ3v) is 2.65. The number of rotatable bonds is 4. The van der Waals surface area contributed by atoms with Crippen LogP contribution in [0, 0.1) is 11.6 Å². The summed E-state index contributed by atoms with van der Waals surface area (Å²) in [4.78, 5) is 11.1. The maximum absolute atomic E-state index is 13.6. The molecule has 4 nitrogen and oxygen atoms in total. The van der Waals surface area contributed by atoms with Crippen LogP contribution < -0.4 is 0 Å². The summed E-state index contributed by atoms with van der Waals surface area (Å²) in [5.74, 6) is -1.60. The molecule has 0 saturated carbocycles. The Morgan fingerprint density at radius 1 is 1.42 bits per heavy atom. The number of aromatic nitrogens is 1. The second-order valence-corrected chi connectivity index (χ2v) is 3.88. The lowest BCUT2D eigenvalue weighted by molar-refractivity contribution is -0.140. The molecule has 0 radical (unpaired) electrons. The number of methoxy groups -OCH3 is 1. The number of ether oxygens (including phenoxy) is 1. The van der Waals surface area contributed by atoms with Crippen LogP contribution >= 0.6 is 0 Å². The average molecular weight is 267 g/mol. The summed E-state index contributed by atoms with van der Waals surface area (Å²) in [6.07, 6.45) is 1.84. The summed E-state index contributed by atoms with van der Waals surface area (Å²) in [5, 5.41) is 3.58. The lowest BCUT2D eigenvalue weighted by Crippen LogP contribution is -2.02. The Balaban J connectivity index is 2.26. The molecule has 6 heteroatoms. The van der Waals surface area contributed by atoms with Crippen molar-refractivity contribution in [3.63, 3.8) is 0 Å². The molecule has 2 rings (SSSR count). The van der Waals surface area contributed by atoms with Crippen molar-refractivity contribution in [1.82, 2.24) is 5.16 Å². The number of carbonyl (C=O) groups is 1. The summed E-state index contributed by atoms with van der Waals surface area (Å²) < 4.78 is 36.0. The molecule has 0 aliphatic carbocycles. The van der Waals surface area contributed by atoms with Crippen molar-refractivity contribution < 1.29 is 22.8 Å². The van der Waals surface area contributed by atoms with Gasteiger partial charge in [-0.15, -0.1) is 0 Å². The van der Waals surface area contributed by atoms with Crippen molar-refractivity contribution >= 4 is 5.97 Å². The van der Waals surface area contributed by atoms with Crippen LogP contribution in [-0.2, 0) is 16.0 Å². The Hall–Kier alpha value is -2.24. The van der Waals surface area contributed by atoms with Crippen molar-refractivity contribution in [3.8, 4) is 11.3 Å². The number of hydrogen-bond acceptors (Lipinski definition) is 4. The van der Waals surface area contributed by atoms with Crippen molar-refractivity contribution in [2.45, 2.75) is 12.8 Å². The summed E-state index contributed by atoms with van der Waals surface area (Å²) in [6.45, 7) is 0. The van der Waals surface area contributed by atoms with E-state index in [0.717, 1.165) is 12.1 Å². The SMILES string of the molecule is COC(=O)CCc1cnoc1-c1ccc(F)cc1F. The zero-order valence-electron chi connectivity index (χ0n) is 10.2. The molecule has 2 aromatic rings. The van der Waals surface area contributed by atoms with Crippen LogP contribution in [0.2, 0.25) is 0 Å². The number of nitrogens with zero attached hydrogens (tertiary/aromatic N) is 1. The first kappa shape index (κ1) is 13.2. The maximum Gasteiger partial charge on any atom is 0.305 e. The molecule has 0 saturated heterocycles. The van der Waals surface area contributed by atoms with Crippen molar-refractivity contribution in [2.75, 3.05) is 7.11 Å². The fourth-order valence-corrected chi connectivity index (χ4v) is 1.67. The van der Waals surface area contributed by atoms with Crippen molar-refractivity contribution in [3.05, 3.63) is 41.6 Å². The van der Waals surface area contributed by atoms with E-state index < -0.39 is 11.6 Å². The molecule has 0 unspecified atom stereocenters. The fraction of sp³-hybridized carbons (Fsp3) is 0.231. The van der Waals surface area contributed by atoms with Gasteiger partial charge in [0.05, 0.1) is 18.9 Å². The maximum atomic E-state index is 13.6. The molecular formula is C13H11F2NO3. The zero-order valence-corrected chi connectivity index (χ0v) is 10.2. The Kier molecular flexibility index (Phi) is 3.89. The third kappa shape index (κ3) is 2.96. The van der Waals surface area contributed by atoms with Crippen molar-refractivity contribution in [2.24, 2.45) is 0 Å². The van der Waals surface area contributed by atoms with E-state index in [0.29, 0.717) is 12.0 Å². The van der Waals surface area contributed by atoms with Crippen LogP contribution in [0.25, 0.3) is 11.3 Å². The van der Waals surface area contributed by atoms with Gasteiger partial charge in [-0.05, 0) is 18.6 Å². The minimum absolute atomic E-state index is 0.110.